The molecule has 3 aromatic heterocycles. The predicted octanol–water partition coefficient (Wildman–Crippen LogP) is 0.772. The first-order valence-corrected chi connectivity index (χ1v) is 5.91. The van der Waals surface area contributed by atoms with Crippen molar-refractivity contribution in [3.63, 3.8) is 0 Å². The Balaban J connectivity index is 2.03. The molecule has 0 bridgehead atoms. The number of H-pyrrole nitrogens is 3. The van der Waals surface area contributed by atoms with Gasteiger partial charge in [-0.2, -0.15) is 10.1 Å². The second kappa shape index (κ2) is 3.67. The van der Waals surface area contributed by atoms with Gasteiger partial charge in [-0.3, -0.25) is 14.9 Å². The third kappa shape index (κ3) is 1.41. The SMILES string of the molecule is Nc1nc2nc(-c3n[nH]c4ccccc34)[nH]c2c(=O)[nH]1. The van der Waals surface area contributed by atoms with Crippen LogP contribution in [-0.4, -0.2) is 30.1 Å². The maximum Gasteiger partial charge on any atom is 0.278 e. The molecule has 0 saturated carbocycles. The minimum atomic E-state index is -0.355. The highest BCUT2D eigenvalue weighted by Gasteiger charge is 2.14. The summed E-state index contributed by atoms with van der Waals surface area (Å²) in [5, 5.41) is 8.05. The van der Waals surface area contributed by atoms with Gasteiger partial charge in [0.15, 0.2) is 17.0 Å². The van der Waals surface area contributed by atoms with Crippen molar-refractivity contribution in [2.24, 2.45) is 0 Å². The van der Waals surface area contributed by atoms with Gasteiger partial charge in [-0.25, -0.2) is 4.98 Å². The van der Waals surface area contributed by atoms with E-state index >= 15 is 0 Å². The molecule has 3 heterocycles. The topological polar surface area (TPSA) is 129 Å². The summed E-state index contributed by atoms with van der Waals surface area (Å²) in [5.74, 6) is 0.508. The molecule has 0 radical (unpaired) electrons. The molecule has 0 aliphatic rings. The van der Waals surface area contributed by atoms with Gasteiger partial charge in [-0.15, -0.1) is 0 Å². The first-order chi connectivity index (χ1) is 9.72. The highest BCUT2D eigenvalue weighted by molar-refractivity contribution is 5.92. The van der Waals surface area contributed by atoms with E-state index in [-0.39, 0.29) is 22.7 Å². The molecule has 1 aromatic carbocycles. The Labute approximate surface area is 111 Å². The van der Waals surface area contributed by atoms with E-state index in [0.717, 1.165) is 10.9 Å². The lowest BCUT2D eigenvalue weighted by molar-refractivity contribution is 1.10. The molecule has 98 valence electrons. The van der Waals surface area contributed by atoms with E-state index < -0.39 is 0 Å². The molecule has 4 aromatic rings. The lowest BCUT2D eigenvalue weighted by atomic mass is 10.2. The van der Waals surface area contributed by atoms with Crippen LogP contribution in [0.5, 0.6) is 0 Å². The summed E-state index contributed by atoms with van der Waals surface area (Å²) in [6.45, 7) is 0. The molecule has 4 rings (SSSR count). The minimum Gasteiger partial charge on any atom is -0.369 e. The maximum atomic E-state index is 11.8. The average Bonchev–Trinajstić information content (AvgIpc) is 3.01. The number of nitrogens with one attached hydrogen (secondary N) is 3. The van der Waals surface area contributed by atoms with Crippen LogP contribution in [0, 0.1) is 0 Å². The molecule has 0 spiro atoms. The maximum absolute atomic E-state index is 11.8. The molecule has 8 nitrogen and oxygen atoms in total. The van der Waals surface area contributed by atoms with Crippen LogP contribution in [0.2, 0.25) is 0 Å². The lowest BCUT2D eigenvalue weighted by Crippen LogP contribution is -2.10. The Morgan fingerprint density at radius 3 is 2.85 bits per heavy atom. The van der Waals surface area contributed by atoms with Gasteiger partial charge in [0.1, 0.15) is 5.69 Å². The fourth-order valence-electron chi connectivity index (χ4n) is 2.18. The summed E-state index contributed by atoms with van der Waals surface area (Å²) in [7, 11) is 0. The summed E-state index contributed by atoms with van der Waals surface area (Å²) >= 11 is 0. The van der Waals surface area contributed by atoms with Crippen molar-refractivity contribution in [3.8, 4) is 11.5 Å². The Morgan fingerprint density at radius 2 is 1.95 bits per heavy atom. The number of fused-ring (bicyclic) bond motifs is 2. The average molecular weight is 267 g/mol. The van der Waals surface area contributed by atoms with Crippen LogP contribution in [0.3, 0.4) is 0 Å². The molecular formula is C12H9N7O. The van der Waals surface area contributed by atoms with E-state index in [9.17, 15) is 4.79 Å². The van der Waals surface area contributed by atoms with Crippen molar-refractivity contribution in [2.75, 3.05) is 5.73 Å². The van der Waals surface area contributed by atoms with Crippen molar-refractivity contribution in [2.45, 2.75) is 0 Å². The number of aromatic amines is 3. The molecule has 0 saturated heterocycles. The first kappa shape index (κ1) is 10.7. The summed E-state index contributed by atoms with van der Waals surface area (Å²) in [5.41, 5.74) is 7.22. The predicted molar refractivity (Wildman–Crippen MR) is 74.0 cm³/mol. The number of nitrogen functional groups attached to an aromatic ring is 1. The van der Waals surface area contributed by atoms with E-state index in [1.54, 1.807) is 0 Å². The Morgan fingerprint density at radius 1 is 1.10 bits per heavy atom. The van der Waals surface area contributed by atoms with Crippen LogP contribution in [0.4, 0.5) is 5.95 Å². The second-order valence-electron chi connectivity index (χ2n) is 4.35. The van der Waals surface area contributed by atoms with E-state index in [1.807, 2.05) is 24.3 Å². The van der Waals surface area contributed by atoms with Gasteiger partial charge in [0.05, 0.1) is 5.52 Å². The van der Waals surface area contributed by atoms with Crippen molar-refractivity contribution in [1.29, 1.82) is 0 Å². The molecule has 0 fully saturated rings. The number of benzene rings is 1. The third-order valence-electron chi connectivity index (χ3n) is 3.07. The molecule has 8 heteroatoms. The zero-order valence-corrected chi connectivity index (χ0v) is 10.1. The van der Waals surface area contributed by atoms with E-state index in [0.29, 0.717) is 11.5 Å². The monoisotopic (exact) mass is 267 g/mol. The summed E-state index contributed by atoms with van der Waals surface area (Å²) < 4.78 is 0. The molecule has 0 aliphatic heterocycles. The van der Waals surface area contributed by atoms with E-state index in [4.69, 9.17) is 5.73 Å². The Kier molecular flexibility index (Phi) is 1.97. The number of imidazole rings is 1. The van der Waals surface area contributed by atoms with Crippen LogP contribution >= 0.6 is 0 Å². The smallest absolute Gasteiger partial charge is 0.278 e. The number of hydrogen-bond donors (Lipinski definition) is 4. The number of aromatic nitrogens is 6. The number of nitrogens with zero attached hydrogens (tertiary/aromatic N) is 3. The summed E-state index contributed by atoms with van der Waals surface area (Å²) in [4.78, 5) is 25.4. The number of hydrogen-bond acceptors (Lipinski definition) is 5. The molecule has 0 unspecified atom stereocenters. The van der Waals surface area contributed by atoms with Gasteiger partial charge in [-0.05, 0) is 6.07 Å². The van der Waals surface area contributed by atoms with E-state index in [2.05, 4.69) is 30.1 Å². The summed E-state index contributed by atoms with van der Waals surface area (Å²) in [6, 6.07) is 7.66. The standard InChI is InChI=1S/C12H9N7O/c13-12-16-10-8(11(20)17-12)14-9(15-10)7-5-3-1-2-4-6(5)18-19-7/h1-4H,(H,18,19)(H4,13,14,15,16,17,20). The van der Waals surface area contributed by atoms with Crippen LogP contribution in [0.1, 0.15) is 0 Å². The lowest BCUT2D eigenvalue weighted by Gasteiger charge is -1.90. The zero-order valence-electron chi connectivity index (χ0n) is 10.1. The fraction of sp³-hybridized carbons (Fsp3) is 0. The first-order valence-electron chi connectivity index (χ1n) is 5.91. The second-order valence-corrected chi connectivity index (χ2v) is 4.35. The number of para-hydroxylation sites is 1. The minimum absolute atomic E-state index is 0.0347. The van der Waals surface area contributed by atoms with Crippen LogP contribution in [0.25, 0.3) is 33.6 Å². The van der Waals surface area contributed by atoms with Gasteiger partial charge >= 0.3 is 0 Å². The van der Waals surface area contributed by atoms with Gasteiger partial charge in [-0.1, -0.05) is 18.2 Å². The normalized spacial score (nSPS) is 11.4. The third-order valence-corrected chi connectivity index (χ3v) is 3.07. The van der Waals surface area contributed by atoms with Gasteiger partial charge in [0, 0.05) is 5.39 Å². The molecule has 0 atom stereocenters. The molecule has 0 aliphatic carbocycles. The number of anilines is 1. The van der Waals surface area contributed by atoms with Crippen molar-refractivity contribution in [3.05, 3.63) is 34.6 Å². The molecule has 5 N–H and O–H groups in total. The highest BCUT2D eigenvalue weighted by atomic mass is 16.1. The number of rotatable bonds is 1. The Bertz CT molecular complexity index is 994. The quantitative estimate of drug-likeness (QED) is 0.405. The van der Waals surface area contributed by atoms with Gasteiger partial charge in [0.25, 0.3) is 5.56 Å². The summed E-state index contributed by atoms with van der Waals surface area (Å²) in [6.07, 6.45) is 0. The van der Waals surface area contributed by atoms with Gasteiger partial charge < -0.3 is 10.7 Å². The van der Waals surface area contributed by atoms with Crippen LogP contribution in [-0.2, 0) is 0 Å². The van der Waals surface area contributed by atoms with Crippen molar-refractivity contribution in [1.82, 2.24) is 30.1 Å². The molecular weight excluding hydrogens is 258 g/mol. The van der Waals surface area contributed by atoms with Crippen molar-refractivity contribution >= 4 is 28.0 Å². The van der Waals surface area contributed by atoms with Crippen LogP contribution in [0.15, 0.2) is 29.1 Å². The van der Waals surface area contributed by atoms with Crippen molar-refractivity contribution < 1.29 is 0 Å². The largest absolute Gasteiger partial charge is 0.369 e. The molecule has 20 heavy (non-hydrogen) atoms. The fourth-order valence-corrected chi connectivity index (χ4v) is 2.18. The highest BCUT2D eigenvalue weighted by Crippen LogP contribution is 2.24. The van der Waals surface area contributed by atoms with Gasteiger partial charge in [0.2, 0.25) is 5.95 Å². The van der Waals surface area contributed by atoms with E-state index in [1.165, 1.54) is 0 Å². The number of nitrogens with two attached hydrogens (primary N) is 1. The Hall–Kier alpha value is -3.16. The van der Waals surface area contributed by atoms with Crippen LogP contribution < -0.4 is 11.3 Å². The zero-order chi connectivity index (χ0) is 13.7. The molecule has 0 amide bonds.